The fraction of sp³-hybridized carbons (Fsp3) is 0.463. The number of benzene rings is 2. The van der Waals surface area contributed by atoms with Gasteiger partial charge in [-0.3, -0.25) is 14.5 Å². The summed E-state index contributed by atoms with van der Waals surface area (Å²) in [5.41, 5.74) is 3.28. The number of likely N-dealkylation sites (tertiary alicyclic amines) is 1. The summed E-state index contributed by atoms with van der Waals surface area (Å²) < 4.78 is 70.2. The molecule has 4 heterocycles. The number of hydrogen-bond acceptors (Lipinski definition) is 10. The van der Waals surface area contributed by atoms with E-state index in [1.54, 1.807) is 23.5 Å². The van der Waals surface area contributed by atoms with Crippen LogP contribution in [0.25, 0.3) is 10.9 Å². The number of aliphatic carboxylic acids is 2. The first-order chi connectivity index (χ1) is 28.4. The third-order valence-electron chi connectivity index (χ3n) is 9.92. The Kier molecular flexibility index (Phi) is 16.1. The maximum Gasteiger partial charge on any atom is 0.490 e. The molecule has 0 aliphatic carbocycles. The molecule has 6 rings (SSSR count). The van der Waals surface area contributed by atoms with Gasteiger partial charge in [-0.05, 0) is 81.0 Å². The number of alkyl halides is 6. The number of nitrogens with one attached hydrogen (secondary N) is 2. The quantitative estimate of drug-likeness (QED) is 0.0777. The highest BCUT2D eigenvalue weighted by molar-refractivity contribution is 7.10. The first-order valence-corrected chi connectivity index (χ1v) is 20.0. The van der Waals surface area contributed by atoms with Gasteiger partial charge in [0.05, 0.1) is 34.9 Å². The van der Waals surface area contributed by atoms with Crippen LogP contribution in [0.1, 0.15) is 71.6 Å². The van der Waals surface area contributed by atoms with Gasteiger partial charge in [0.15, 0.2) is 0 Å². The SMILES string of the molecule is CCc1cc(C(=O)N2CC(C)(C)OC3(CCN(Cc4cccc(CCNC[C@H](O)c5ccc(O)c6[nH]c(=O)ccc56)c4)CC3)C2)cs1.O=C(O)C(F)(F)F.O=C(O)C(F)(F)F. The number of morpholine rings is 1. The standard InChI is InChI=1S/C37H46N4O5S.2C2HF3O2/c1-4-28-19-27(22-47-28)35(45)41-23-36(2,3)46-37(24-41)13-16-40(17-14-37)21-26-7-5-6-25(18-26)12-15-38-20-32(43)29-8-10-31(42)34-30(29)9-11-33(44)39-34;2*3-2(4,5)1(6)7/h5-11,18-19,22,32,38,42-43H,4,12-17,20-21,23-24H2,1-3H3,(H,39,44);2*(H,6,7)/t32-;;/m0../s1. The molecule has 13 nitrogen and oxygen atoms in total. The molecule has 1 spiro atoms. The molecule has 4 aromatic rings. The van der Waals surface area contributed by atoms with E-state index < -0.39 is 36.0 Å². The van der Waals surface area contributed by atoms with E-state index in [1.807, 2.05) is 16.3 Å². The van der Waals surface area contributed by atoms with Crippen molar-refractivity contribution in [2.24, 2.45) is 0 Å². The van der Waals surface area contributed by atoms with E-state index in [4.69, 9.17) is 24.5 Å². The summed E-state index contributed by atoms with van der Waals surface area (Å²) in [5, 5.41) is 41.2. The van der Waals surface area contributed by atoms with Gasteiger partial charge in [-0.1, -0.05) is 37.3 Å². The molecule has 2 saturated heterocycles. The van der Waals surface area contributed by atoms with Gasteiger partial charge in [-0.15, -0.1) is 11.3 Å². The number of halogens is 6. The summed E-state index contributed by atoms with van der Waals surface area (Å²) >= 11 is 1.66. The van der Waals surface area contributed by atoms with Crippen LogP contribution in [-0.2, 0) is 33.7 Å². The number of aromatic amines is 1. The Morgan fingerprint density at radius 3 is 2.15 bits per heavy atom. The maximum atomic E-state index is 13.5. The van der Waals surface area contributed by atoms with Crippen molar-refractivity contribution in [2.75, 3.05) is 39.3 Å². The number of carbonyl (C=O) groups excluding carboxylic acids is 1. The summed E-state index contributed by atoms with van der Waals surface area (Å²) in [5.74, 6) is -5.42. The van der Waals surface area contributed by atoms with Gasteiger partial charge in [0.1, 0.15) is 5.75 Å². The van der Waals surface area contributed by atoms with Crippen LogP contribution in [0.5, 0.6) is 5.75 Å². The van der Waals surface area contributed by atoms with Crippen molar-refractivity contribution in [2.45, 2.75) is 82.7 Å². The molecule has 1 atom stereocenters. The van der Waals surface area contributed by atoms with Crippen molar-refractivity contribution in [3.8, 4) is 5.75 Å². The highest BCUT2D eigenvalue weighted by Crippen LogP contribution is 2.38. The Labute approximate surface area is 350 Å². The number of phenols is 1. The lowest BCUT2D eigenvalue weighted by Crippen LogP contribution is -2.63. The number of aromatic hydroxyl groups is 1. The normalized spacial score (nSPS) is 16.9. The Morgan fingerprint density at radius 2 is 1.56 bits per heavy atom. The van der Waals surface area contributed by atoms with Gasteiger partial charge in [-0.25, -0.2) is 9.59 Å². The van der Waals surface area contributed by atoms with Crippen LogP contribution < -0.4 is 10.9 Å². The Balaban J connectivity index is 0.000000504. The predicted octanol–water partition coefficient (Wildman–Crippen LogP) is 6.28. The molecule has 2 fully saturated rings. The summed E-state index contributed by atoms with van der Waals surface area (Å²) in [6.07, 6.45) is -7.40. The van der Waals surface area contributed by atoms with Crippen LogP contribution in [0, 0.1) is 0 Å². The molecule has 20 heteroatoms. The minimum atomic E-state index is -5.08. The smallest absolute Gasteiger partial charge is 0.490 e. The van der Waals surface area contributed by atoms with Gasteiger partial charge in [0, 0.05) is 54.4 Å². The number of piperidine rings is 1. The lowest BCUT2D eigenvalue weighted by atomic mass is 9.86. The zero-order valence-corrected chi connectivity index (χ0v) is 34.3. The molecule has 0 bridgehead atoms. The summed E-state index contributed by atoms with van der Waals surface area (Å²) in [4.78, 5) is 51.4. The Bertz CT molecular complexity index is 2180. The number of ether oxygens (including phenoxy) is 1. The third kappa shape index (κ3) is 14.0. The van der Waals surface area contributed by atoms with Crippen molar-refractivity contribution >= 4 is 40.1 Å². The van der Waals surface area contributed by atoms with Crippen molar-refractivity contribution in [1.82, 2.24) is 20.1 Å². The third-order valence-corrected chi connectivity index (χ3v) is 11.0. The monoisotopic (exact) mass is 886 g/mol. The molecular weight excluding hydrogens is 839 g/mol. The minimum absolute atomic E-state index is 0.0184. The summed E-state index contributed by atoms with van der Waals surface area (Å²) in [6, 6.07) is 16.9. The number of pyridine rings is 1. The average Bonchev–Trinajstić information content (AvgIpc) is 3.66. The first-order valence-electron chi connectivity index (χ1n) is 19.1. The number of hydrogen-bond donors (Lipinski definition) is 6. The van der Waals surface area contributed by atoms with Crippen LogP contribution in [0.15, 0.2) is 64.8 Å². The summed E-state index contributed by atoms with van der Waals surface area (Å²) in [6.45, 7) is 11.3. The lowest BCUT2D eigenvalue weighted by Gasteiger charge is -2.53. The van der Waals surface area contributed by atoms with Crippen molar-refractivity contribution in [3.63, 3.8) is 0 Å². The van der Waals surface area contributed by atoms with E-state index in [1.165, 1.54) is 28.1 Å². The number of aliphatic hydroxyl groups excluding tert-OH is 1. The second kappa shape index (κ2) is 20.2. The molecule has 334 valence electrons. The first kappa shape index (κ1) is 48.6. The van der Waals surface area contributed by atoms with Crippen LogP contribution >= 0.6 is 11.3 Å². The number of thiophene rings is 1. The Morgan fingerprint density at radius 1 is 0.934 bits per heavy atom. The van der Waals surface area contributed by atoms with Crippen LogP contribution in [-0.4, -0.2) is 116 Å². The molecule has 0 saturated carbocycles. The number of fused-ring (bicyclic) bond motifs is 1. The number of H-pyrrole nitrogens is 1. The number of amides is 1. The van der Waals surface area contributed by atoms with E-state index in [-0.39, 0.29) is 22.8 Å². The summed E-state index contributed by atoms with van der Waals surface area (Å²) in [7, 11) is 0. The molecule has 2 aromatic heterocycles. The van der Waals surface area contributed by atoms with Crippen LogP contribution in [0.3, 0.4) is 0 Å². The molecule has 2 aromatic carbocycles. The van der Waals surface area contributed by atoms with Gasteiger partial charge in [0.25, 0.3) is 5.91 Å². The Hall–Kier alpha value is -5.02. The molecule has 0 radical (unpaired) electrons. The zero-order valence-electron chi connectivity index (χ0n) is 33.5. The van der Waals surface area contributed by atoms with E-state index in [2.05, 4.69) is 60.2 Å². The van der Waals surface area contributed by atoms with E-state index in [0.29, 0.717) is 42.6 Å². The number of nitrogens with zero attached hydrogens (tertiary/aromatic N) is 2. The van der Waals surface area contributed by atoms with Gasteiger partial charge in [0.2, 0.25) is 5.56 Å². The number of aryl methyl sites for hydroxylation is 1. The number of aromatic nitrogens is 1. The number of carbonyl (C=O) groups is 3. The largest absolute Gasteiger partial charge is 0.506 e. The second-order valence-electron chi connectivity index (χ2n) is 15.3. The minimum Gasteiger partial charge on any atom is -0.506 e. The molecule has 2 aliphatic rings. The van der Waals surface area contributed by atoms with Gasteiger partial charge in [-0.2, -0.15) is 26.3 Å². The molecular formula is C41H48F6N4O9S. The molecule has 61 heavy (non-hydrogen) atoms. The number of rotatable bonds is 10. The predicted molar refractivity (Wildman–Crippen MR) is 214 cm³/mol. The molecule has 1 amide bonds. The highest BCUT2D eigenvalue weighted by Gasteiger charge is 2.47. The average molecular weight is 887 g/mol. The fourth-order valence-corrected chi connectivity index (χ4v) is 7.98. The maximum absolute atomic E-state index is 13.5. The van der Waals surface area contributed by atoms with E-state index in [9.17, 15) is 46.1 Å². The van der Waals surface area contributed by atoms with Crippen LogP contribution in [0.4, 0.5) is 26.3 Å². The number of carboxylic acid groups (broad SMARTS) is 2. The van der Waals surface area contributed by atoms with Crippen LogP contribution in [0.2, 0.25) is 0 Å². The van der Waals surface area contributed by atoms with Gasteiger partial charge < -0.3 is 40.4 Å². The topological polar surface area (TPSA) is 193 Å². The fourth-order valence-electron chi connectivity index (χ4n) is 7.17. The molecule has 2 aliphatic heterocycles. The second-order valence-corrected chi connectivity index (χ2v) is 16.3. The highest BCUT2D eigenvalue weighted by atomic mass is 32.1. The van der Waals surface area contributed by atoms with E-state index >= 15 is 0 Å². The molecule has 6 N–H and O–H groups in total. The number of carboxylic acids is 2. The van der Waals surface area contributed by atoms with Gasteiger partial charge >= 0.3 is 24.3 Å². The van der Waals surface area contributed by atoms with Crippen molar-refractivity contribution in [1.29, 1.82) is 0 Å². The van der Waals surface area contributed by atoms with Crippen molar-refractivity contribution in [3.05, 3.63) is 97.5 Å². The lowest BCUT2D eigenvalue weighted by molar-refractivity contribution is -0.205. The zero-order chi connectivity index (χ0) is 45.3. The van der Waals surface area contributed by atoms with E-state index in [0.717, 1.165) is 50.9 Å². The number of phenolic OH excluding ortho intramolecular Hbond substituents is 1. The number of aliphatic hydroxyl groups is 1. The van der Waals surface area contributed by atoms with Crippen molar-refractivity contribution < 1.29 is 65.9 Å². The molecule has 0 unspecified atom stereocenters.